The first-order valence-corrected chi connectivity index (χ1v) is 6.60. The molecule has 1 aromatic rings. The fourth-order valence-corrected chi connectivity index (χ4v) is 2.70. The molecule has 1 aliphatic carbocycles. The van der Waals surface area contributed by atoms with Crippen LogP contribution in [0.2, 0.25) is 0 Å². The van der Waals surface area contributed by atoms with Gasteiger partial charge in [0, 0.05) is 12.7 Å². The van der Waals surface area contributed by atoms with Crippen molar-refractivity contribution in [1.29, 1.82) is 5.26 Å². The van der Waals surface area contributed by atoms with E-state index >= 15 is 0 Å². The van der Waals surface area contributed by atoms with Gasteiger partial charge >= 0.3 is 0 Å². The van der Waals surface area contributed by atoms with Crippen LogP contribution in [0.3, 0.4) is 0 Å². The second kappa shape index (κ2) is 4.91. The zero-order chi connectivity index (χ0) is 12.3. The van der Waals surface area contributed by atoms with E-state index in [0.717, 1.165) is 31.7 Å². The van der Waals surface area contributed by atoms with Crippen LogP contribution in [0.5, 0.6) is 0 Å². The molecule has 3 nitrogen and oxygen atoms in total. The minimum atomic E-state index is -0.131. The van der Waals surface area contributed by atoms with Crippen molar-refractivity contribution < 1.29 is 0 Å². The van der Waals surface area contributed by atoms with Gasteiger partial charge in [-0.3, -0.25) is 4.68 Å². The summed E-state index contributed by atoms with van der Waals surface area (Å²) in [6.45, 7) is 5.27. The van der Waals surface area contributed by atoms with Crippen molar-refractivity contribution in [2.24, 2.45) is 11.3 Å². The molecule has 0 amide bonds. The van der Waals surface area contributed by atoms with E-state index in [0.29, 0.717) is 0 Å². The molecular weight excluding hydrogens is 210 g/mol. The minimum Gasteiger partial charge on any atom is -0.273 e. The number of hydrogen-bond donors (Lipinski definition) is 0. The van der Waals surface area contributed by atoms with Crippen LogP contribution in [0, 0.1) is 22.7 Å². The predicted molar refractivity (Wildman–Crippen MR) is 67.3 cm³/mol. The fourth-order valence-electron chi connectivity index (χ4n) is 2.70. The Morgan fingerprint density at radius 2 is 2.24 bits per heavy atom. The smallest absolute Gasteiger partial charge is 0.0693 e. The first-order chi connectivity index (χ1) is 8.17. The summed E-state index contributed by atoms with van der Waals surface area (Å²) in [7, 11) is 0. The Kier molecular flexibility index (Phi) is 3.51. The van der Waals surface area contributed by atoms with Gasteiger partial charge in [0.15, 0.2) is 0 Å². The van der Waals surface area contributed by atoms with Gasteiger partial charge in [-0.05, 0) is 50.5 Å². The molecule has 1 fully saturated rings. The van der Waals surface area contributed by atoms with Gasteiger partial charge in [0.1, 0.15) is 0 Å². The van der Waals surface area contributed by atoms with E-state index in [2.05, 4.69) is 31.2 Å². The average Bonchev–Trinajstić information content (AvgIpc) is 2.80. The second-order valence-electron chi connectivity index (χ2n) is 5.46. The Balaban J connectivity index is 2.07. The molecule has 17 heavy (non-hydrogen) atoms. The number of nitriles is 1. The summed E-state index contributed by atoms with van der Waals surface area (Å²) in [6.07, 6.45) is 9.34. The lowest BCUT2D eigenvalue weighted by molar-refractivity contribution is 0.219. The van der Waals surface area contributed by atoms with Crippen molar-refractivity contribution in [2.45, 2.75) is 52.5 Å². The van der Waals surface area contributed by atoms with E-state index in [4.69, 9.17) is 0 Å². The van der Waals surface area contributed by atoms with Crippen LogP contribution in [0.25, 0.3) is 0 Å². The number of hydrogen-bond acceptors (Lipinski definition) is 2. The topological polar surface area (TPSA) is 41.6 Å². The Bertz CT molecular complexity index is 405. The molecule has 1 heterocycles. The van der Waals surface area contributed by atoms with Gasteiger partial charge in [0.05, 0.1) is 17.7 Å². The summed E-state index contributed by atoms with van der Waals surface area (Å²) in [6, 6.07) is 2.58. The average molecular weight is 231 g/mol. The lowest BCUT2D eigenvalue weighted by Crippen LogP contribution is -2.27. The number of aryl methyl sites for hydroxylation is 1. The number of aromatic nitrogens is 2. The largest absolute Gasteiger partial charge is 0.273 e. The molecule has 0 aliphatic heterocycles. The molecule has 0 radical (unpaired) electrons. The highest BCUT2D eigenvalue weighted by molar-refractivity contribution is 5.14. The van der Waals surface area contributed by atoms with Crippen LogP contribution in [-0.2, 0) is 13.0 Å². The summed E-state index contributed by atoms with van der Waals surface area (Å²) < 4.78 is 1.94. The monoisotopic (exact) mass is 231 g/mol. The maximum atomic E-state index is 9.48. The molecule has 0 atom stereocenters. The standard InChI is InChI=1S/C14H21N3/c1-3-17-10-13(9-16-17)8-14(11-15)6-4-12(2)5-7-14/h9-10,12H,3-8H2,1-2H3. The first-order valence-electron chi connectivity index (χ1n) is 6.60. The zero-order valence-electron chi connectivity index (χ0n) is 10.8. The molecule has 1 aromatic heterocycles. The molecule has 0 aromatic carbocycles. The molecule has 1 aliphatic rings. The molecule has 92 valence electrons. The van der Waals surface area contributed by atoms with Crippen LogP contribution in [0.1, 0.15) is 45.1 Å². The summed E-state index contributed by atoms with van der Waals surface area (Å²) in [5, 5.41) is 13.8. The summed E-state index contributed by atoms with van der Waals surface area (Å²) in [5.41, 5.74) is 1.08. The van der Waals surface area contributed by atoms with Crippen LogP contribution < -0.4 is 0 Å². The van der Waals surface area contributed by atoms with E-state index < -0.39 is 0 Å². The van der Waals surface area contributed by atoms with Gasteiger partial charge in [-0.1, -0.05) is 6.92 Å². The zero-order valence-corrected chi connectivity index (χ0v) is 10.8. The van der Waals surface area contributed by atoms with Crippen LogP contribution >= 0.6 is 0 Å². The highest BCUT2D eigenvalue weighted by atomic mass is 15.3. The van der Waals surface area contributed by atoms with E-state index in [1.807, 2.05) is 10.9 Å². The minimum absolute atomic E-state index is 0.131. The van der Waals surface area contributed by atoms with Crippen LogP contribution in [0.4, 0.5) is 0 Å². The molecule has 0 unspecified atom stereocenters. The van der Waals surface area contributed by atoms with Gasteiger partial charge in [-0.2, -0.15) is 10.4 Å². The second-order valence-corrected chi connectivity index (χ2v) is 5.46. The van der Waals surface area contributed by atoms with Gasteiger partial charge in [0.2, 0.25) is 0 Å². The normalized spacial score (nSPS) is 28.9. The van der Waals surface area contributed by atoms with Crippen molar-refractivity contribution in [3.8, 4) is 6.07 Å². The molecule has 0 saturated heterocycles. The Morgan fingerprint density at radius 1 is 1.53 bits per heavy atom. The molecule has 2 rings (SSSR count). The third kappa shape index (κ3) is 2.69. The Labute approximate surface area is 103 Å². The SMILES string of the molecule is CCn1cc(CC2(C#N)CCC(C)CC2)cn1. The Morgan fingerprint density at radius 3 is 2.76 bits per heavy atom. The van der Waals surface area contributed by atoms with E-state index in [9.17, 15) is 5.26 Å². The molecule has 0 N–H and O–H groups in total. The van der Waals surface area contributed by atoms with Gasteiger partial charge in [0.25, 0.3) is 0 Å². The third-order valence-electron chi connectivity index (χ3n) is 4.02. The summed E-state index contributed by atoms with van der Waals surface area (Å²) >= 11 is 0. The van der Waals surface area contributed by atoms with Gasteiger partial charge < -0.3 is 0 Å². The quantitative estimate of drug-likeness (QED) is 0.801. The summed E-state index contributed by atoms with van der Waals surface area (Å²) in [5.74, 6) is 0.787. The third-order valence-corrected chi connectivity index (χ3v) is 4.02. The van der Waals surface area contributed by atoms with Crippen LogP contribution in [0.15, 0.2) is 12.4 Å². The van der Waals surface area contributed by atoms with Crippen molar-refractivity contribution >= 4 is 0 Å². The maximum Gasteiger partial charge on any atom is 0.0693 e. The number of rotatable bonds is 3. The van der Waals surface area contributed by atoms with Gasteiger partial charge in [-0.15, -0.1) is 0 Å². The highest BCUT2D eigenvalue weighted by Gasteiger charge is 2.34. The summed E-state index contributed by atoms with van der Waals surface area (Å²) in [4.78, 5) is 0. The van der Waals surface area contributed by atoms with Crippen molar-refractivity contribution in [1.82, 2.24) is 9.78 Å². The van der Waals surface area contributed by atoms with Crippen LogP contribution in [-0.4, -0.2) is 9.78 Å². The number of nitrogens with zero attached hydrogens (tertiary/aromatic N) is 3. The molecular formula is C14H21N3. The van der Waals surface area contributed by atoms with Crippen molar-refractivity contribution in [3.05, 3.63) is 18.0 Å². The van der Waals surface area contributed by atoms with E-state index in [1.165, 1.54) is 18.4 Å². The molecule has 0 spiro atoms. The fraction of sp³-hybridized carbons (Fsp3) is 0.714. The first kappa shape index (κ1) is 12.2. The highest BCUT2D eigenvalue weighted by Crippen LogP contribution is 2.40. The predicted octanol–water partition coefficient (Wildman–Crippen LogP) is 3.17. The van der Waals surface area contributed by atoms with E-state index in [-0.39, 0.29) is 5.41 Å². The van der Waals surface area contributed by atoms with Crippen molar-refractivity contribution in [3.63, 3.8) is 0 Å². The molecule has 0 bridgehead atoms. The molecule has 1 saturated carbocycles. The maximum absolute atomic E-state index is 9.48. The van der Waals surface area contributed by atoms with Crippen molar-refractivity contribution in [2.75, 3.05) is 0 Å². The van der Waals surface area contributed by atoms with E-state index in [1.54, 1.807) is 0 Å². The Hall–Kier alpha value is -1.30. The van der Waals surface area contributed by atoms with Gasteiger partial charge in [-0.25, -0.2) is 0 Å². The molecule has 3 heteroatoms. The lowest BCUT2D eigenvalue weighted by Gasteiger charge is -2.33. The lowest BCUT2D eigenvalue weighted by atomic mass is 9.69.